The number of ether oxygens (including phenoxy) is 1. The lowest BCUT2D eigenvalue weighted by Gasteiger charge is -2.15. The van der Waals surface area contributed by atoms with E-state index in [1.54, 1.807) is 24.3 Å². The first-order chi connectivity index (χ1) is 12.3. The number of hydrogen-bond acceptors (Lipinski definition) is 4. The van der Waals surface area contributed by atoms with Crippen LogP contribution in [0.25, 0.3) is 0 Å². The van der Waals surface area contributed by atoms with Crippen molar-refractivity contribution in [2.24, 2.45) is 0 Å². The number of anilines is 1. The average molecular weight is 374 g/mol. The van der Waals surface area contributed by atoms with Crippen molar-refractivity contribution in [2.45, 2.75) is 24.8 Å². The van der Waals surface area contributed by atoms with Gasteiger partial charge in [0.15, 0.2) is 0 Å². The van der Waals surface area contributed by atoms with Crippen LogP contribution in [0.15, 0.2) is 66.1 Å². The fraction of sp³-hybridized carbons (Fsp3) is 0.211. The summed E-state index contributed by atoms with van der Waals surface area (Å²) in [5.74, 6) is 0.123. The molecule has 2 N–H and O–H groups in total. The van der Waals surface area contributed by atoms with Crippen LogP contribution in [-0.4, -0.2) is 27.0 Å². The Balaban J connectivity index is 2.24. The Labute approximate surface area is 153 Å². The average Bonchev–Trinajstić information content (AvgIpc) is 2.61. The van der Waals surface area contributed by atoms with Gasteiger partial charge in [0.1, 0.15) is 5.75 Å². The summed E-state index contributed by atoms with van der Waals surface area (Å²) in [5.41, 5.74) is 0.745. The van der Waals surface area contributed by atoms with E-state index in [0.717, 1.165) is 0 Å². The topological polar surface area (TPSA) is 84.5 Å². The molecule has 26 heavy (non-hydrogen) atoms. The lowest BCUT2D eigenvalue weighted by Crippen LogP contribution is -2.24. The molecule has 0 aromatic heterocycles. The second kappa shape index (κ2) is 8.64. The van der Waals surface area contributed by atoms with Crippen LogP contribution in [0.2, 0.25) is 0 Å². The molecule has 0 aliphatic heterocycles. The fourth-order valence-corrected chi connectivity index (χ4v) is 3.22. The summed E-state index contributed by atoms with van der Waals surface area (Å²) < 4.78 is 32.4. The molecule has 0 unspecified atom stereocenters. The molecular weight excluding hydrogens is 352 g/mol. The van der Waals surface area contributed by atoms with Gasteiger partial charge in [-0.2, -0.15) is 0 Å². The summed E-state index contributed by atoms with van der Waals surface area (Å²) in [7, 11) is -3.70. The summed E-state index contributed by atoms with van der Waals surface area (Å²) in [6.45, 7) is 7.37. The molecule has 0 saturated heterocycles. The van der Waals surface area contributed by atoms with Crippen LogP contribution in [0.4, 0.5) is 5.69 Å². The molecule has 0 saturated carbocycles. The lowest BCUT2D eigenvalue weighted by molar-refractivity contribution is 0.102. The van der Waals surface area contributed by atoms with E-state index < -0.39 is 15.9 Å². The molecule has 0 fully saturated rings. The van der Waals surface area contributed by atoms with Crippen LogP contribution in [0.3, 0.4) is 0 Å². The number of para-hydroxylation sites is 2. The minimum absolute atomic E-state index is 0.0127. The first-order valence-corrected chi connectivity index (χ1v) is 9.59. The lowest BCUT2D eigenvalue weighted by atomic mass is 10.2. The maximum absolute atomic E-state index is 12.5. The molecule has 2 aromatic rings. The second-order valence-corrected chi connectivity index (χ2v) is 7.55. The summed E-state index contributed by atoms with van der Waals surface area (Å²) in [5, 5.41) is 2.76. The molecule has 0 heterocycles. The Kier molecular flexibility index (Phi) is 6.54. The number of carbonyl (C=O) groups excluding carboxylic acids is 1. The molecule has 1 amide bonds. The number of amides is 1. The molecule has 0 radical (unpaired) electrons. The van der Waals surface area contributed by atoms with Gasteiger partial charge in [0.2, 0.25) is 10.0 Å². The van der Waals surface area contributed by atoms with E-state index in [2.05, 4.69) is 16.6 Å². The molecule has 7 heteroatoms. The number of hydrogen-bond donors (Lipinski definition) is 2. The Morgan fingerprint density at radius 2 is 1.92 bits per heavy atom. The van der Waals surface area contributed by atoms with Gasteiger partial charge < -0.3 is 10.1 Å². The van der Waals surface area contributed by atoms with Crippen LogP contribution < -0.4 is 14.8 Å². The zero-order chi connectivity index (χ0) is 19.2. The highest BCUT2D eigenvalue weighted by atomic mass is 32.2. The molecule has 2 aromatic carbocycles. The van der Waals surface area contributed by atoms with Gasteiger partial charge in [-0.25, -0.2) is 13.1 Å². The maximum atomic E-state index is 12.5. The number of nitrogens with one attached hydrogen (secondary N) is 2. The maximum Gasteiger partial charge on any atom is 0.255 e. The molecule has 2 rings (SSSR count). The van der Waals surface area contributed by atoms with Crippen molar-refractivity contribution in [3.8, 4) is 5.75 Å². The number of rotatable bonds is 8. The Bertz CT molecular complexity index is 892. The van der Waals surface area contributed by atoms with Gasteiger partial charge in [0, 0.05) is 12.1 Å². The summed E-state index contributed by atoms with van der Waals surface area (Å²) in [6, 6.07) is 12.9. The zero-order valence-corrected chi connectivity index (χ0v) is 15.5. The van der Waals surface area contributed by atoms with E-state index in [0.29, 0.717) is 11.4 Å². The van der Waals surface area contributed by atoms with Crippen LogP contribution >= 0.6 is 0 Å². The predicted octanol–water partition coefficient (Wildman–Crippen LogP) is 3.19. The van der Waals surface area contributed by atoms with E-state index in [4.69, 9.17) is 4.74 Å². The van der Waals surface area contributed by atoms with Gasteiger partial charge in [-0.15, -0.1) is 6.58 Å². The first kappa shape index (κ1) is 19.7. The zero-order valence-electron chi connectivity index (χ0n) is 14.7. The number of carbonyl (C=O) groups is 1. The Morgan fingerprint density at radius 3 is 2.62 bits per heavy atom. The smallest absolute Gasteiger partial charge is 0.255 e. The third-order valence-corrected chi connectivity index (χ3v) is 4.74. The minimum atomic E-state index is -3.70. The normalized spacial score (nSPS) is 11.2. The van der Waals surface area contributed by atoms with E-state index in [1.165, 1.54) is 24.3 Å². The van der Waals surface area contributed by atoms with Crippen molar-refractivity contribution in [3.63, 3.8) is 0 Å². The quantitative estimate of drug-likeness (QED) is 0.695. The van der Waals surface area contributed by atoms with Gasteiger partial charge in [-0.1, -0.05) is 24.3 Å². The molecule has 0 bridgehead atoms. The highest BCUT2D eigenvalue weighted by Gasteiger charge is 2.16. The van der Waals surface area contributed by atoms with Gasteiger partial charge in [0.05, 0.1) is 16.7 Å². The van der Waals surface area contributed by atoms with Gasteiger partial charge in [0.25, 0.3) is 5.91 Å². The Morgan fingerprint density at radius 1 is 1.19 bits per heavy atom. The largest absolute Gasteiger partial charge is 0.489 e. The van der Waals surface area contributed by atoms with E-state index in [-0.39, 0.29) is 23.1 Å². The molecular formula is C19H22N2O4S. The molecule has 0 atom stereocenters. The van der Waals surface area contributed by atoms with Crippen LogP contribution in [0.5, 0.6) is 5.75 Å². The van der Waals surface area contributed by atoms with Crippen LogP contribution in [0, 0.1) is 0 Å². The molecule has 0 aliphatic carbocycles. The van der Waals surface area contributed by atoms with Crippen LogP contribution in [0.1, 0.15) is 24.2 Å². The van der Waals surface area contributed by atoms with Crippen molar-refractivity contribution in [1.29, 1.82) is 0 Å². The minimum Gasteiger partial charge on any atom is -0.489 e. The molecule has 138 valence electrons. The predicted molar refractivity (Wildman–Crippen MR) is 102 cm³/mol. The summed E-state index contributed by atoms with van der Waals surface area (Å²) >= 11 is 0. The number of benzene rings is 2. The SMILES string of the molecule is C=CCNS(=O)(=O)c1cccc(C(=O)Nc2ccccc2OC(C)C)c1. The standard InChI is InChI=1S/C19H22N2O4S/c1-4-12-20-26(23,24)16-9-7-8-15(13-16)19(22)21-17-10-5-6-11-18(17)25-14(2)3/h4-11,13-14,20H,1,12H2,2-3H3,(H,21,22). The van der Waals surface area contributed by atoms with Crippen molar-refractivity contribution in [3.05, 3.63) is 66.7 Å². The van der Waals surface area contributed by atoms with Crippen molar-refractivity contribution >= 4 is 21.6 Å². The molecule has 6 nitrogen and oxygen atoms in total. The van der Waals surface area contributed by atoms with E-state index in [9.17, 15) is 13.2 Å². The second-order valence-electron chi connectivity index (χ2n) is 5.79. The van der Waals surface area contributed by atoms with Crippen molar-refractivity contribution in [2.75, 3.05) is 11.9 Å². The number of sulfonamides is 1. The van der Waals surface area contributed by atoms with E-state index in [1.807, 2.05) is 19.9 Å². The summed E-state index contributed by atoms with van der Waals surface area (Å²) in [6.07, 6.45) is 1.40. The van der Waals surface area contributed by atoms with Gasteiger partial charge in [-0.05, 0) is 44.2 Å². The summed E-state index contributed by atoms with van der Waals surface area (Å²) in [4.78, 5) is 12.6. The Hall–Kier alpha value is -2.64. The highest BCUT2D eigenvalue weighted by molar-refractivity contribution is 7.89. The fourth-order valence-electron chi connectivity index (χ4n) is 2.18. The third kappa shape index (κ3) is 5.18. The molecule has 0 spiro atoms. The first-order valence-electron chi connectivity index (χ1n) is 8.11. The van der Waals surface area contributed by atoms with Gasteiger partial charge in [-0.3, -0.25) is 4.79 Å². The van der Waals surface area contributed by atoms with Gasteiger partial charge >= 0.3 is 0 Å². The van der Waals surface area contributed by atoms with Crippen LogP contribution in [-0.2, 0) is 10.0 Å². The van der Waals surface area contributed by atoms with Crippen molar-refractivity contribution < 1.29 is 17.9 Å². The third-order valence-electron chi connectivity index (χ3n) is 3.32. The highest BCUT2D eigenvalue weighted by Crippen LogP contribution is 2.25. The van der Waals surface area contributed by atoms with E-state index >= 15 is 0 Å². The monoisotopic (exact) mass is 374 g/mol. The molecule has 0 aliphatic rings. The van der Waals surface area contributed by atoms with Crippen molar-refractivity contribution in [1.82, 2.24) is 4.72 Å².